The monoisotopic (exact) mass is 234 g/mol. The fourth-order valence-corrected chi connectivity index (χ4v) is 1.72. The van der Waals surface area contributed by atoms with Crippen molar-refractivity contribution in [3.63, 3.8) is 0 Å². The maximum absolute atomic E-state index is 11.9. The van der Waals surface area contributed by atoms with Crippen LogP contribution in [-0.4, -0.2) is 19.0 Å². The Hall–Kier alpha value is -1.35. The zero-order valence-electron chi connectivity index (χ0n) is 10.9. The Morgan fingerprint density at radius 2 is 1.94 bits per heavy atom. The lowest BCUT2D eigenvalue weighted by atomic mass is 10.0. The number of hydrogen-bond acceptors (Lipinski definition) is 2. The summed E-state index contributed by atoms with van der Waals surface area (Å²) in [6.45, 7) is 3.99. The van der Waals surface area contributed by atoms with Gasteiger partial charge in [0.1, 0.15) is 0 Å². The van der Waals surface area contributed by atoms with Crippen molar-refractivity contribution >= 4 is 5.91 Å². The molecule has 0 radical (unpaired) electrons. The van der Waals surface area contributed by atoms with E-state index < -0.39 is 0 Å². The Bertz CT molecular complexity index is 337. The van der Waals surface area contributed by atoms with Crippen molar-refractivity contribution < 1.29 is 4.79 Å². The van der Waals surface area contributed by atoms with Gasteiger partial charge in [-0.15, -0.1) is 0 Å². The molecule has 0 bridgehead atoms. The summed E-state index contributed by atoms with van der Waals surface area (Å²) in [4.78, 5) is 11.9. The van der Waals surface area contributed by atoms with Crippen molar-refractivity contribution in [1.29, 1.82) is 0 Å². The first kappa shape index (κ1) is 13.7. The van der Waals surface area contributed by atoms with Crippen molar-refractivity contribution in [3.05, 3.63) is 35.9 Å². The van der Waals surface area contributed by atoms with E-state index >= 15 is 0 Å². The second-order valence-corrected chi connectivity index (χ2v) is 4.27. The third-order valence-electron chi connectivity index (χ3n) is 2.92. The number of likely N-dealkylation sites (N-methyl/N-ethyl adjacent to an activating group) is 1. The van der Waals surface area contributed by atoms with Crippen LogP contribution in [0, 0.1) is 0 Å². The molecule has 2 unspecified atom stereocenters. The van der Waals surface area contributed by atoms with E-state index in [1.165, 1.54) is 5.56 Å². The third-order valence-corrected chi connectivity index (χ3v) is 2.92. The zero-order chi connectivity index (χ0) is 12.7. The number of carbonyl (C=O) groups is 1. The molecule has 0 heterocycles. The number of benzene rings is 1. The molecule has 1 aromatic carbocycles. The van der Waals surface area contributed by atoms with E-state index in [-0.39, 0.29) is 18.0 Å². The maximum Gasteiger partial charge on any atom is 0.237 e. The fraction of sp³-hybridized carbons (Fsp3) is 0.500. The van der Waals surface area contributed by atoms with Gasteiger partial charge in [0.15, 0.2) is 0 Å². The van der Waals surface area contributed by atoms with Crippen LogP contribution < -0.4 is 10.6 Å². The molecule has 0 saturated heterocycles. The Labute approximate surface area is 104 Å². The van der Waals surface area contributed by atoms with Gasteiger partial charge in [0.25, 0.3) is 0 Å². The second kappa shape index (κ2) is 7.07. The van der Waals surface area contributed by atoms with Crippen molar-refractivity contribution in [2.45, 2.75) is 38.8 Å². The summed E-state index contributed by atoms with van der Waals surface area (Å²) in [7, 11) is 1.79. The van der Waals surface area contributed by atoms with Crippen LogP contribution in [0.4, 0.5) is 0 Å². The van der Waals surface area contributed by atoms with E-state index in [9.17, 15) is 4.79 Å². The topological polar surface area (TPSA) is 41.1 Å². The largest absolute Gasteiger partial charge is 0.348 e. The molecule has 0 aliphatic rings. The lowest BCUT2D eigenvalue weighted by Crippen LogP contribution is -2.42. The molecule has 0 fully saturated rings. The summed E-state index contributed by atoms with van der Waals surface area (Å²) in [5.41, 5.74) is 1.17. The number of hydrogen-bond donors (Lipinski definition) is 2. The minimum absolute atomic E-state index is 0.0507. The van der Waals surface area contributed by atoms with E-state index in [2.05, 4.69) is 29.7 Å². The minimum Gasteiger partial charge on any atom is -0.348 e. The molecule has 0 saturated carbocycles. The van der Waals surface area contributed by atoms with E-state index in [1.807, 2.05) is 25.1 Å². The highest BCUT2D eigenvalue weighted by atomic mass is 16.2. The molecular weight excluding hydrogens is 212 g/mol. The van der Waals surface area contributed by atoms with Gasteiger partial charge in [-0.25, -0.2) is 0 Å². The summed E-state index contributed by atoms with van der Waals surface area (Å²) in [6.07, 6.45) is 2.01. The molecule has 94 valence electrons. The molecule has 3 nitrogen and oxygen atoms in total. The second-order valence-electron chi connectivity index (χ2n) is 4.27. The summed E-state index contributed by atoms with van der Waals surface area (Å²) < 4.78 is 0. The highest BCUT2D eigenvalue weighted by molar-refractivity contribution is 5.81. The normalized spacial score (nSPS) is 14.1. The Morgan fingerprint density at radius 1 is 1.29 bits per heavy atom. The lowest BCUT2D eigenvalue weighted by molar-refractivity contribution is -0.123. The van der Waals surface area contributed by atoms with Gasteiger partial charge in [0.05, 0.1) is 12.1 Å². The van der Waals surface area contributed by atoms with E-state index in [0.29, 0.717) is 0 Å². The quantitative estimate of drug-likeness (QED) is 0.792. The van der Waals surface area contributed by atoms with Crippen LogP contribution in [0.2, 0.25) is 0 Å². The number of rotatable bonds is 6. The van der Waals surface area contributed by atoms with Crippen molar-refractivity contribution in [1.82, 2.24) is 10.6 Å². The first-order chi connectivity index (χ1) is 8.19. The summed E-state index contributed by atoms with van der Waals surface area (Å²) in [5, 5.41) is 6.04. The van der Waals surface area contributed by atoms with Crippen LogP contribution in [0.1, 0.15) is 38.3 Å². The molecule has 1 rings (SSSR count). The number of nitrogens with one attached hydrogen (secondary N) is 2. The Balaban J connectivity index is 2.70. The molecule has 2 N–H and O–H groups in total. The summed E-state index contributed by atoms with van der Waals surface area (Å²) in [6, 6.07) is 10.1. The molecular formula is C14H22N2O. The van der Waals surface area contributed by atoms with E-state index in [0.717, 1.165) is 12.8 Å². The molecule has 0 aliphatic heterocycles. The number of amides is 1. The first-order valence-electron chi connectivity index (χ1n) is 6.21. The molecule has 0 aromatic heterocycles. The maximum atomic E-state index is 11.9. The van der Waals surface area contributed by atoms with Crippen LogP contribution in [0.5, 0.6) is 0 Å². The molecule has 17 heavy (non-hydrogen) atoms. The van der Waals surface area contributed by atoms with Gasteiger partial charge in [-0.05, 0) is 26.0 Å². The van der Waals surface area contributed by atoms with Crippen molar-refractivity contribution in [3.8, 4) is 0 Å². The summed E-state index contributed by atoms with van der Waals surface area (Å²) in [5.74, 6) is 0.0507. The highest BCUT2D eigenvalue weighted by Crippen LogP contribution is 2.18. The predicted molar refractivity (Wildman–Crippen MR) is 70.8 cm³/mol. The van der Waals surface area contributed by atoms with Gasteiger partial charge < -0.3 is 10.6 Å². The van der Waals surface area contributed by atoms with Crippen LogP contribution in [0.25, 0.3) is 0 Å². The molecule has 2 atom stereocenters. The van der Waals surface area contributed by atoms with E-state index in [1.54, 1.807) is 7.05 Å². The Morgan fingerprint density at radius 3 is 2.47 bits per heavy atom. The van der Waals surface area contributed by atoms with E-state index in [4.69, 9.17) is 0 Å². The average molecular weight is 234 g/mol. The fourth-order valence-electron chi connectivity index (χ4n) is 1.72. The van der Waals surface area contributed by atoms with Gasteiger partial charge in [0.2, 0.25) is 5.91 Å². The van der Waals surface area contributed by atoms with Crippen LogP contribution in [-0.2, 0) is 4.79 Å². The van der Waals surface area contributed by atoms with Crippen molar-refractivity contribution in [2.24, 2.45) is 0 Å². The summed E-state index contributed by atoms with van der Waals surface area (Å²) >= 11 is 0. The van der Waals surface area contributed by atoms with Gasteiger partial charge >= 0.3 is 0 Å². The van der Waals surface area contributed by atoms with Gasteiger partial charge in [-0.1, -0.05) is 43.7 Å². The zero-order valence-corrected chi connectivity index (χ0v) is 10.9. The molecule has 0 aliphatic carbocycles. The highest BCUT2D eigenvalue weighted by Gasteiger charge is 2.16. The Kier molecular flexibility index (Phi) is 5.70. The smallest absolute Gasteiger partial charge is 0.237 e. The SMILES string of the molecule is CCCC(NC(=O)C(C)NC)c1ccccc1. The van der Waals surface area contributed by atoms with Crippen LogP contribution >= 0.6 is 0 Å². The average Bonchev–Trinajstić information content (AvgIpc) is 2.38. The molecule has 3 heteroatoms. The van der Waals surface area contributed by atoms with Crippen LogP contribution in [0.3, 0.4) is 0 Å². The first-order valence-corrected chi connectivity index (χ1v) is 6.21. The predicted octanol–water partition coefficient (Wildman–Crippen LogP) is 2.25. The molecule has 1 amide bonds. The third kappa shape index (κ3) is 4.19. The minimum atomic E-state index is -0.155. The lowest BCUT2D eigenvalue weighted by Gasteiger charge is -2.21. The standard InChI is InChI=1S/C14H22N2O/c1-4-8-13(12-9-6-5-7-10-12)16-14(17)11(2)15-3/h5-7,9-11,13,15H,4,8H2,1-3H3,(H,16,17). The van der Waals surface area contributed by atoms with Gasteiger partial charge in [-0.3, -0.25) is 4.79 Å². The van der Waals surface area contributed by atoms with Gasteiger partial charge in [-0.2, -0.15) is 0 Å². The van der Waals surface area contributed by atoms with Crippen molar-refractivity contribution in [2.75, 3.05) is 7.05 Å². The molecule has 1 aromatic rings. The van der Waals surface area contributed by atoms with Gasteiger partial charge in [0, 0.05) is 0 Å². The van der Waals surface area contributed by atoms with Crippen LogP contribution in [0.15, 0.2) is 30.3 Å². The number of carbonyl (C=O) groups excluding carboxylic acids is 1. The molecule has 0 spiro atoms.